The van der Waals surface area contributed by atoms with E-state index in [1.54, 1.807) is 7.11 Å². The molecule has 2 aromatic rings. The van der Waals surface area contributed by atoms with Crippen molar-refractivity contribution in [3.63, 3.8) is 0 Å². The van der Waals surface area contributed by atoms with Crippen LogP contribution in [0.2, 0.25) is 0 Å². The number of nitrogens with zero attached hydrogens (tertiary/aromatic N) is 1. The van der Waals surface area contributed by atoms with Crippen molar-refractivity contribution in [2.75, 3.05) is 7.11 Å². The summed E-state index contributed by atoms with van der Waals surface area (Å²) in [6.45, 7) is 17.9. The van der Waals surface area contributed by atoms with Gasteiger partial charge in [-0.25, -0.2) is 9.78 Å². The molecule has 1 aromatic carbocycles. The average Bonchev–Trinajstić information content (AvgIpc) is 2.84. The molecule has 8 nitrogen and oxygen atoms in total. The lowest BCUT2D eigenvalue weighted by Gasteiger charge is -2.43. The van der Waals surface area contributed by atoms with Gasteiger partial charge in [-0.1, -0.05) is 27.7 Å². The van der Waals surface area contributed by atoms with Gasteiger partial charge in [-0.3, -0.25) is 9.59 Å². The first kappa shape index (κ1) is 33.1. The molecule has 0 spiro atoms. The van der Waals surface area contributed by atoms with Crippen LogP contribution in [0, 0.1) is 24.7 Å². The number of Topliss-reactive ketones (excluding diaryl/α,β-unsaturated/α-hetero) is 2. The van der Waals surface area contributed by atoms with Gasteiger partial charge in [0, 0.05) is 53.5 Å². The molecule has 0 amide bonds. The summed E-state index contributed by atoms with van der Waals surface area (Å²) in [5.41, 5.74) is 9.36. The molecule has 3 aliphatic rings. The van der Waals surface area contributed by atoms with Crippen molar-refractivity contribution < 1.29 is 29.0 Å². The number of aryl methyl sites for hydroxylation is 1. The van der Waals surface area contributed by atoms with Crippen LogP contribution in [-0.2, 0) is 14.3 Å². The van der Waals surface area contributed by atoms with Gasteiger partial charge in [0.05, 0.1) is 18.7 Å². The first-order chi connectivity index (χ1) is 20.2. The van der Waals surface area contributed by atoms with E-state index in [1.165, 1.54) is 6.07 Å². The second-order valence-electron chi connectivity index (χ2n) is 15.0. The zero-order valence-corrected chi connectivity index (χ0v) is 27.7. The number of carbonyl (C=O) groups is 3. The third kappa shape index (κ3) is 6.96. The minimum Gasteiger partial charge on any atom is -0.496 e. The van der Waals surface area contributed by atoms with E-state index in [1.807, 2.05) is 52.8 Å². The number of carboxylic acids is 1. The van der Waals surface area contributed by atoms with Crippen molar-refractivity contribution >= 4 is 17.5 Å². The van der Waals surface area contributed by atoms with E-state index in [4.69, 9.17) is 15.2 Å². The fourth-order valence-corrected chi connectivity index (χ4v) is 6.40. The Labute approximate surface area is 260 Å². The Balaban J connectivity index is 0.000000818. The summed E-state index contributed by atoms with van der Waals surface area (Å²) in [5, 5.41) is 9.61. The Morgan fingerprint density at radius 2 is 1.45 bits per heavy atom. The number of carbonyl (C=O) groups excluding carboxylic acids is 2. The van der Waals surface area contributed by atoms with E-state index < -0.39 is 11.9 Å². The Bertz CT molecular complexity index is 1540. The standard InChI is InChI=1S/C32H35NO6.C4H11N/c1-16-10-19(33-20(11-16)30(36)37)18-8-9-23(38-7)26(17(18)2)29-27-21(34)12-31(3,4)14-24(27)39-25-15-32(5,6)13-22(35)28(25)29;1-4(2,3)5/h8-11,29H,12-15H2,1-7H3,(H,36,37);5H2,1-3H3. The Kier molecular flexibility index (Phi) is 8.75. The minimum absolute atomic E-state index is 0. The highest BCUT2D eigenvalue weighted by atomic mass is 16.5. The molecule has 0 saturated heterocycles. The molecular formula is C36H46N2O6. The number of benzene rings is 1. The fourth-order valence-electron chi connectivity index (χ4n) is 6.40. The van der Waals surface area contributed by atoms with Crippen LogP contribution in [0.4, 0.5) is 0 Å². The zero-order valence-electron chi connectivity index (χ0n) is 27.7. The second kappa shape index (κ2) is 11.6. The molecule has 0 atom stereocenters. The van der Waals surface area contributed by atoms with Gasteiger partial charge in [-0.05, 0) is 80.8 Å². The summed E-state index contributed by atoms with van der Waals surface area (Å²) >= 11 is 0. The highest BCUT2D eigenvalue weighted by molar-refractivity contribution is 6.06. The fraction of sp³-hybridized carbons (Fsp3) is 0.500. The predicted octanol–water partition coefficient (Wildman–Crippen LogP) is 7.22. The number of methoxy groups -OCH3 is 1. The Morgan fingerprint density at radius 1 is 0.955 bits per heavy atom. The average molecular weight is 603 g/mol. The van der Waals surface area contributed by atoms with Crippen molar-refractivity contribution in [1.29, 1.82) is 0 Å². The van der Waals surface area contributed by atoms with Crippen molar-refractivity contribution in [3.8, 4) is 17.0 Å². The maximum absolute atomic E-state index is 13.8. The van der Waals surface area contributed by atoms with E-state index in [-0.39, 0.29) is 33.6 Å². The number of allylic oxidation sites excluding steroid dienone is 4. The summed E-state index contributed by atoms with van der Waals surface area (Å²) in [6, 6.07) is 7.04. The largest absolute Gasteiger partial charge is 0.496 e. The molecule has 0 saturated carbocycles. The molecule has 5 rings (SSSR count). The normalized spacial score (nSPS) is 19.4. The highest BCUT2D eigenvalue weighted by Gasteiger charge is 2.49. The zero-order chi connectivity index (χ0) is 32.9. The van der Waals surface area contributed by atoms with Crippen LogP contribution in [0.25, 0.3) is 11.3 Å². The summed E-state index contributed by atoms with van der Waals surface area (Å²) in [4.78, 5) is 43.7. The number of ether oxygens (including phenoxy) is 2. The quantitative estimate of drug-likeness (QED) is 0.375. The molecule has 1 aliphatic heterocycles. The summed E-state index contributed by atoms with van der Waals surface area (Å²) < 4.78 is 12.3. The van der Waals surface area contributed by atoms with Gasteiger partial charge in [0.2, 0.25) is 0 Å². The number of aromatic carboxylic acids is 1. The lowest BCUT2D eigenvalue weighted by Crippen LogP contribution is -2.38. The van der Waals surface area contributed by atoms with E-state index in [9.17, 15) is 19.5 Å². The third-order valence-electron chi connectivity index (χ3n) is 8.03. The van der Waals surface area contributed by atoms with Crippen LogP contribution < -0.4 is 10.5 Å². The molecule has 236 valence electrons. The molecule has 1 aromatic heterocycles. The van der Waals surface area contributed by atoms with Gasteiger partial charge in [0.25, 0.3) is 0 Å². The van der Waals surface area contributed by atoms with Crippen LogP contribution in [-0.4, -0.2) is 40.3 Å². The van der Waals surface area contributed by atoms with E-state index in [0.717, 1.165) is 22.3 Å². The van der Waals surface area contributed by atoms with Gasteiger partial charge in [-0.2, -0.15) is 0 Å². The van der Waals surface area contributed by atoms with Crippen LogP contribution in [0.15, 0.2) is 46.9 Å². The minimum atomic E-state index is -1.11. The monoisotopic (exact) mass is 602 g/mol. The molecule has 8 heteroatoms. The highest BCUT2D eigenvalue weighted by Crippen LogP contribution is 2.55. The van der Waals surface area contributed by atoms with Crippen molar-refractivity contribution in [1.82, 2.24) is 4.98 Å². The molecule has 0 radical (unpaired) electrons. The Morgan fingerprint density at radius 3 is 1.91 bits per heavy atom. The molecule has 0 fully saturated rings. The lowest BCUT2D eigenvalue weighted by atomic mass is 9.65. The number of carboxylic acid groups (broad SMARTS) is 1. The van der Waals surface area contributed by atoms with Gasteiger partial charge in [0.1, 0.15) is 23.0 Å². The molecule has 44 heavy (non-hydrogen) atoms. The molecule has 0 unspecified atom stereocenters. The van der Waals surface area contributed by atoms with Gasteiger partial charge in [-0.15, -0.1) is 0 Å². The maximum Gasteiger partial charge on any atom is 0.354 e. The number of pyridine rings is 1. The van der Waals surface area contributed by atoms with E-state index >= 15 is 0 Å². The van der Waals surface area contributed by atoms with Crippen LogP contribution >= 0.6 is 0 Å². The second-order valence-corrected chi connectivity index (χ2v) is 15.0. The smallest absolute Gasteiger partial charge is 0.354 e. The van der Waals surface area contributed by atoms with Crippen molar-refractivity contribution in [2.45, 2.75) is 99.5 Å². The molecule has 2 aliphatic carbocycles. The molecule has 0 bridgehead atoms. The number of rotatable bonds is 4. The number of nitrogens with two attached hydrogens (primary N) is 1. The maximum atomic E-state index is 13.8. The van der Waals surface area contributed by atoms with Crippen LogP contribution in [0.5, 0.6) is 5.75 Å². The van der Waals surface area contributed by atoms with Crippen LogP contribution in [0.1, 0.15) is 107 Å². The molecule has 2 heterocycles. The predicted molar refractivity (Wildman–Crippen MR) is 171 cm³/mol. The number of hydrogen-bond acceptors (Lipinski definition) is 7. The topological polar surface area (TPSA) is 129 Å². The first-order valence-electron chi connectivity index (χ1n) is 15.1. The SMILES string of the molecule is CC(C)(C)N.COc1ccc(-c2cc(C)cc(C(=O)O)n2)c(C)c1C1C2=C(CC(C)(C)CC2=O)OC2=C1C(=O)CC(C)(C)C2. The number of ketones is 2. The summed E-state index contributed by atoms with van der Waals surface area (Å²) in [5.74, 6) is 0.0516. The van der Waals surface area contributed by atoms with E-state index in [2.05, 4.69) is 32.7 Å². The van der Waals surface area contributed by atoms with Gasteiger partial charge >= 0.3 is 5.97 Å². The Hall–Kier alpha value is -3.78. The number of hydrogen-bond donors (Lipinski definition) is 2. The third-order valence-corrected chi connectivity index (χ3v) is 8.03. The van der Waals surface area contributed by atoms with Gasteiger partial charge in [0.15, 0.2) is 11.6 Å². The molecule has 3 N–H and O–H groups in total. The summed E-state index contributed by atoms with van der Waals surface area (Å²) in [6.07, 6.45) is 1.91. The summed E-state index contributed by atoms with van der Waals surface area (Å²) in [7, 11) is 1.58. The molecular weight excluding hydrogens is 556 g/mol. The van der Waals surface area contributed by atoms with Gasteiger partial charge < -0.3 is 20.3 Å². The number of aromatic nitrogens is 1. The van der Waals surface area contributed by atoms with E-state index in [0.29, 0.717) is 59.8 Å². The van der Waals surface area contributed by atoms with Crippen molar-refractivity contribution in [2.24, 2.45) is 16.6 Å². The first-order valence-corrected chi connectivity index (χ1v) is 15.1. The van der Waals surface area contributed by atoms with Crippen LogP contribution in [0.3, 0.4) is 0 Å². The van der Waals surface area contributed by atoms with Crippen molar-refractivity contribution in [3.05, 3.63) is 69.3 Å². The lowest BCUT2D eigenvalue weighted by molar-refractivity contribution is -0.120.